The molecule has 2 rings (SSSR count). The van der Waals surface area contributed by atoms with Gasteiger partial charge in [-0.25, -0.2) is 13.6 Å². The average molecular weight is 335 g/mol. The molecule has 1 atom stereocenters. The standard InChI is InChI=1S/C18H25NO3S/c1-3-5-8-13(4-2)11-15-12-14-9-6-7-10-16(14)18(17(15)20)23(19,21)22/h6-7,9-10,12-13,20H,3-5,8,11H2,1-2H3,(H2,19,21,22). The van der Waals surface area contributed by atoms with E-state index in [1.54, 1.807) is 12.1 Å². The van der Waals surface area contributed by atoms with E-state index in [2.05, 4.69) is 13.8 Å². The Hall–Kier alpha value is -1.59. The maximum absolute atomic E-state index is 12.0. The van der Waals surface area contributed by atoms with Gasteiger partial charge in [-0.3, -0.25) is 0 Å². The van der Waals surface area contributed by atoms with Gasteiger partial charge in [-0.2, -0.15) is 0 Å². The summed E-state index contributed by atoms with van der Waals surface area (Å²) >= 11 is 0. The molecule has 5 heteroatoms. The number of aromatic hydroxyl groups is 1. The Balaban J connectivity index is 2.55. The van der Waals surface area contributed by atoms with Gasteiger partial charge in [0.25, 0.3) is 0 Å². The Bertz CT molecular complexity index is 784. The van der Waals surface area contributed by atoms with Gasteiger partial charge in [0, 0.05) is 5.39 Å². The third kappa shape index (κ3) is 4.03. The predicted octanol–water partition coefficient (Wildman–Crippen LogP) is 3.95. The Morgan fingerprint density at radius 1 is 1.22 bits per heavy atom. The largest absolute Gasteiger partial charge is 0.506 e. The molecule has 126 valence electrons. The first-order valence-corrected chi connectivity index (χ1v) is 9.69. The van der Waals surface area contributed by atoms with Crippen LogP contribution in [0.3, 0.4) is 0 Å². The van der Waals surface area contributed by atoms with Crippen molar-refractivity contribution in [1.29, 1.82) is 0 Å². The van der Waals surface area contributed by atoms with Gasteiger partial charge in [0.2, 0.25) is 10.0 Å². The van der Waals surface area contributed by atoms with Crippen molar-refractivity contribution >= 4 is 20.8 Å². The zero-order chi connectivity index (χ0) is 17.0. The molecular formula is C18H25NO3S. The minimum Gasteiger partial charge on any atom is -0.506 e. The van der Waals surface area contributed by atoms with Gasteiger partial charge in [0.1, 0.15) is 10.6 Å². The van der Waals surface area contributed by atoms with Gasteiger partial charge in [-0.1, -0.05) is 63.8 Å². The molecule has 0 aliphatic rings. The summed E-state index contributed by atoms with van der Waals surface area (Å²) in [4.78, 5) is -0.157. The summed E-state index contributed by atoms with van der Waals surface area (Å²) < 4.78 is 23.9. The van der Waals surface area contributed by atoms with Crippen LogP contribution in [0.4, 0.5) is 0 Å². The molecule has 0 saturated heterocycles. The molecule has 4 nitrogen and oxygen atoms in total. The zero-order valence-corrected chi connectivity index (χ0v) is 14.6. The second-order valence-corrected chi connectivity index (χ2v) is 7.60. The maximum atomic E-state index is 12.0. The van der Waals surface area contributed by atoms with Crippen LogP contribution in [0.2, 0.25) is 0 Å². The fraction of sp³-hybridized carbons (Fsp3) is 0.444. The number of nitrogens with two attached hydrogens (primary N) is 1. The summed E-state index contributed by atoms with van der Waals surface area (Å²) in [7, 11) is -3.99. The van der Waals surface area contributed by atoms with Crippen molar-refractivity contribution in [2.75, 3.05) is 0 Å². The van der Waals surface area contributed by atoms with E-state index >= 15 is 0 Å². The van der Waals surface area contributed by atoms with E-state index in [-0.39, 0.29) is 10.6 Å². The maximum Gasteiger partial charge on any atom is 0.242 e. The molecule has 0 radical (unpaired) electrons. The number of hydrogen-bond acceptors (Lipinski definition) is 3. The van der Waals surface area contributed by atoms with E-state index in [0.29, 0.717) is 23.3 Å². The number of phenolic OH excluding ortho intramolecular Hbond substituents is 1. The average Bonchev–Trinajstić information content (AvgIpc) is 2.50. The Labute approximate surface area is 138 Å². The topological polar surface area (TPSA) is 80.4 Å². The van der Waals surface area contributed by atoms with Crippen LogP contribution in [0.5, 0.6) is 5.75 Å². The Kier molecular flexibility index (Phi) is 5.65. The molecule has 23 heavy (non-hydrogen) atoms. The predicted molar refractivity (Wildman–Crippen MR) is 94.0 cm³/mol. The Morgan fingerprint density at radius 2 is 1.91 bits per heavy atom. The summed E-state index contributed by atoms with van der Waals surface area (Å²) in [6, 6.07) is 9.00. The second-order valence-electron chi connectivity index (χ2n) is 6.10. The molecule has 2 aromatic carbocycles. The molecule has 0 fully saturated rings. The lowest BCUT2D eigenvalue weighted by Crippen LogP contribution is -2.14. The zero-order valence-electron chi connectivity index (χ0n) is 13.7. The summed E-state index contributed by atoms with van der Waals surface area (Å²) in [5.41, 5.74) is 0.663. The molecule has 0 aliphatic carbocycles. The number of primary sulfonamides is 1. The van der Waals surface area contributed by atoms with Crippen molar-refractivity contribution in [1.82, 2.24) is 0 Å². The SMILES string of the molecule is CCCCC(CC)Cc1cc2ccccc2c(S(N)(=O)=O)c1O. The van der Waals surface area contributed by atoms with E-state index in [1.165, 1.54) is 0 Å². The van der Waals surface area contributed by atoms with Crippen LogP contribution < -0.4 is 5.14 Å². The third-order valence-electron chi connectivity index (χ3n) is 4.39. The van der Waals surface area contributed by atoms with Crippen molar-refractivity contribution in [2.45, 2.75) is 50.8 Å². The monoisotopic (exact) mass is 335 g/mol. The van der Waals surface area contributed by atoms with Gasteiger partial charge in [-0.05, 0) is 29.4 Å². The minimum atomic E-state index is -3.99. The lowest BCUT2D eigenvalue weighted by molar-refractivity contribution is 0.420. The first kappa shape index (κ1) is 17.8. The van der Waals surface area contributed by atoms with Crippen LogP contribution in [0, 0.1) is 5.92 Å². The lowest BCUT2D eigenvalue weighted by Gasteiger charge is -2.18. The summed E-state index contributed by atoms with van der Waals surface area (Å²) in [5.74, 6) is 0.233. The van der Waals surface area contributed by atoms with Crippen LogP contribution in [0.15, 0.2) is 35.2 Å². The Morgan fingerprint density at radius 3 is 2.52 bits per heavy atom. The normalized spacial score (nSPS) is 13.3. The van der Waals surface area contributed by atoms with Crippen molar-refractivity contribution in [2.24, 2.45) is 11.1 Å². The van der Waals surface area contributed by atoms with Crippen LogP contribution in [0.1, 0.15) is 45.1 Å². The second kappa shape index (κ2) is 7.32. The highest BCUT2D eigenvalue weighted by molar-refractivity contribution is 7.89. The van der Waals surface area contributed by atoms with E-state index in [1.807, 2.05) is 18.2 Å². The molecule has 1 unspecified atom stereocenters. The number of hydrogen-bond donors (Lipinski definition) is 2. The summed E-state index contributed by atoms with van der Waals surface area (Å²) in [6.45, 7) is 4.28. The fourth-order valence-electron chi connectivity index (χ4n) is 3.06. The molecule has 0 aromatic heterocycles. The van der Waals surface area contributed by atoms with Gasteiger partial charge in [0.05, 0.1) is 0 Å². The van der Waals surface area contributed by atoms with E-state index in [9.17, 15) is 13.5 Å². The van der Waals surface area contributed by atoms with E-state index in [0.717, 1.165) is 31.1 Å². The van der Waals surface area contributed by atoms with Gasteiger partial charge in [-0.15, -0.1) is 0 Å². The summed E-state index contributed by atoms with van der Waals surface area (Å²) in [5, 5.41) is 17.1. The van der Waals surface area contributed by atoms with Crippen molar-refractivity contribution in [3.8, 4) is 5.75 Å². The van der Waals surface area contributed by atoms with Crippen molar-refractivity contribution in [3.05, 3.63) is 35.9 Å². The molecule has 0 amide bonds. The number of phenols is 1. The molecule has 2 aromatic rings. The molecule has 0 bridgehead atoms. The quantitative estimate of drug-likeness (QED) is 0.804. The van der Waals surface area contributed by atoms with Gasteiger partial charge >= 0.3 is 0 Å². The van der Waals surface area contributed by atoms with Gasteiger partial charge in [0.15, 0.2) is 0 Å². The molecule has 0 heterocycles. The molecule has 0 saturated carbocycles. The van der Waals surface area contributed by atoms with Crippen molar-refractivity contribution in [3.63, 3.8) is 0 Å². The molecular weight excluding hydrogens is 310 g/mol. The fourth-order valence-corrected chi connectivity index (χ4v) is 3.95. The molecule has 3 N–H and O–H groups in total. The smallest absolute Gasteiger partial charge is 0.242 e. The molecule has 0 spiro atoms. The van der Waals surface area contributed by atoms with Crippen LogP contribution >= 0.6 is 0 Å². The number of unbranched alkanes of at least 4 members (excludes halogenated alkanes) is 1. The van der Waals surface area contributed by atoms with Crippen LogP contribution in [0.25, 0.3) is 10.8 Å². The van der Waals surface area contributed by atoms with Crippen LogP contribution in [-0.2, 0) is 16.4 Å². The molecule has 0 aliphatic heterocycles. The first-order valence-electron chi connectivity index (χ1n) is 8.14. The summed E-state index contributed by atoms with van der Waals surface area (Å²) in [6.07, 6.45) is 4.99. The van der Waals surface area contributed by atoms with E-state index in [4.69, 9.17) is 5.14 Å². The number of fused-ring (bicyclic) bond motifs is 1. The van der Waals surface area contributed by atoms with Gasteiger partial charge < -0.3 is 5.11 Å². The highest BCUT2D eigenvalue weighted by Gasteiger charge is 2.22. The highest BCUT2D eigenvalue weighted by atomic mass is 32.2. The number of sulfonamides is 1. The lowest BCUT2D eigenvalue weighted by atomic mass is 9.90. The number of rotatable bonds is 7. The number of benzene rings is 2. The van der Waals surface area contributed by atoms with E-state index < -0.39 is 10.0 Å². The minimum absolute atomic E-state index is 0.157. The van der Waals surface area contributed by atoms with Crippen LogP contribution in [-0.4, -0.2) is 13.5 Å². The third-order valence-corrected chi connectivity index (χ3v) is 5.37. The highest BCUT2D eigenvalue weighted by Crippen LogP contribution is 2.36. The first-order chi connectivity index (χ1) is 10.9. The van der Waals surface area contributed by atoms with Crippen molar-refractivity contribution < 1.29 is 13.5 Å².